The Morgan fingerprint density at radius 1 is 1.57 bits per heavy atom. The van der Waals surface area contributed by atoms with Crippen LogP contribution in [0, 0.1) is 0 Å². The minimum Gasteiger partial charge on any atom is -0.375 e. The van der Waals surface area contributed by atoms with E-state index in [4.69, 9.17) is 5.73 Å². The molecule has 0 saturated carbocycles. The van der Waals surface area contributed by atoms with Crippen molar-refractivity contribution < 1.29 is 0 Å². The van der Waals surface area contributed by atoms with E-state index in [9.17, 15) is 9.59 Å². The second kappa shape index (κ2) is 4.33. The van der Waals surface area contributed by atoms with Crippen molar-refractivity contribution in [3.05, 3.63) is 32.6 Å². The van der Waals surface area contributed by atoms with E-state index in [1.54, 1.807) is 0 Å². The van der Waals surface area contributed by atoms with Crippen LogP contribution in [0.5, 0.6) is 0 Å². The van der Waals surface area contributed by atoms with Crippen LogP contribution < -0.4 is 22.4 Å². The summed E-state index contributed by atoms with van der Waals surface area (Å²) in [5, 5.41) is 3.55. The first kappa shape index (κ1) is 10.1. The largest absolute Gasteiger partial charge is 0.375 e. The molecule has 0 unspecified atom stereocenters. The molecule has 0 aromatic carbocycles. The Balaban J connectivity index is 2.87. The molecule has 0 atom stereocenters. The Bertz CT molecular complexity index is 445. The number of nitrogens with two attached hydrogens (primary N) is 1. The van der Waals surface area contributed by atoms with Gasteiger partial charge < -0.3 is 10.7 Å². The van der Waals surface area contributed by atoms with Crippen LogP contribution in [0.2, 0.25) is 0 Å². The van der Waals surface area contributed by atoms with Crippen molar-refractivity contribution in [1.82, 2.24) is 15.4 Å². The second-order valence-electron chi connectivity index (χ2n) is 2.28. The number of aromatic nitrogens is 2. The van der Waals surface area contributed by atoms with Crippen molar-refractivity contribution in [2.24, 2.45) is 10.8 Å². The third-order valence-electron chi connectivity index (χ3n) is 1.16. The molecule has 5 N–H and O–H groups in total. The molecular formula is C6H7N5O2S. The number of hydrogen-bond acceptors (Lipinski definition) is 4. The van der Waals surface area contributed by atoms with Gasteiger partial charge in [-0.3, -0.25) is 15.2 Å². The van der Waals surface area contributed by atoms with Gasteiger partial charge in [0.25, 0.3) is 5.56 Å². The highest BCUT2D eigenvalue weighted by atomic mass is 32.1. The fourth-order valence-corrected chi connectivity index (χ4v) is 0.775. The van der Waals surface area contributed by atoms with E-state index in [2.05, 4.69) is 27.7 Å². The molecule has 74 valence electrons. The van der Waals surface area contributed by atoms with Gasteiger partial charge in [0, 0.05) is 6.07 Å². The second-order valence-corrected chi connectivity index (χ2v) is 2.72. The summed E-state index contributed by atoms with van der Waals surface area (Å²) in [6.45, 7) is 0. The van der Waals surface area contributed by atoms with E-state index in [0.29, 0.717) is 0 Å². The lowest BCUT2D eigenvalue weighted by Gasteiger charge is -1.93. The van der Waals surface area contributed by atoms with Crippen LogP contribution in [0.1, 0.15) is 5.69 Å². The smallest absolute Gasteiger partial charge is 0.326 e. The maximum atomic E-state index is 10.8. The summed E-state index contributed by atoms with van der Waals surface area (Å²) in [4.78, 5) is 25.9. The molecule has 0 aliphatic rings. The molecule has 0 amide bonds. The minimum absolute atomic E-state index is 0.00608. The molecule has 0 radical (unpaired) electrons. The van der Waals surface area contributed by atoms with Crippen LogP contribution in [-0.4, -0.2) is 21.3 Å². The molecule has 0 aliphatic heterocycles. The first-order valence-corrected chi connectivity index (χ1v) is 3.91. The SMILES string of the molecule is NC(=S)N/N=C/c1cc(=O)[nH]c(=O)[nH]1. The molecular weight excluding hydrogens is 206 g/mol. The highest BCUT2D eigenvalue weighted by molar-refractivity contribution is 7.80. The number of thiocarbonyl (C=S) groups is 1. The third kappa shape index (κ3) is 3.19. The Kier molecular flexibility index (Phi) is 3.13. The number of rotatable bonds is 2. The molecule has 0 aliphatic carbocycles. The number of nitrogens with zero attached hydrogens (tertiary/aromatic N) is 1. The van der Waals surface area contributed by atoms with Gasteiger partial charge >= 0.3 is 5.69 Å². The van der Waals surface area contributed by atoms with Crippen molar-refractivity contribution in [2.45, 2.75) is 0 Å². The average Bonchev–Trinajstić information content (AvgIpc) is 2.01. The Morgan fingerprint density at radius 2 is 2.29 bits per heavy atom. The Labute approximate surface area is 83.0 Å². The van der Waals surface area contributed by atoms with E-state index < -0.39 is 11.2 Å². The summed E-state index contributed by atoms with van der Waals surface area (Å²) >= 11 is 4.48. The van der Waals surface area contributed by atoms with Gasteiger partial charge in [-0.1, -0.05) is 0 Å². The van der Waals surface area contributed by atoms with Crippen LogP contribution in [0.4, 0.5) is 0 Å². The highest BCUT2D eigenvalue weighted by Gasteiger charge is 1.91. The third-order valence-corrected chi connectivity index (χ3v) is 1.25. The molecule has 1 rings (SSSR count). The predicted molar refractivity (Wildman–Crippen MR) is 55.2 cm³/mol. The van der Waals surface area contributed by atoms with Gasteiger partial charge in [0.1, 0.15) is 0 Å². The van der Waals surface area contributed by atoms with Crippen molar-refractivity contribution in [3.8, 4) is 0 Å². The van der Waals surface area contributed by atoms with Crippen LogP contribution in [0.3, 0.4) is 0 Å². The summed E-state index contributed by atoms with van der Waals surface area (Å²) < 4.78 is 0. The summed E-state index contributed by atoms with van der Waals surface area (Å²) in [6.07, 6.45) is 1.22. The minimum atomic E-state index is -0.603. The Hall–Kier alpha value is -1.96. The van der Waals surface area contributed by atoms with E-state index in [-0.39, 0.29) is 10.8 Å². The fourth-order valence-electron chi connectivity index (χ4n) is 0.723. The zero-order chi connectivity index (χ0) is 10.6. The molecule has 14 heavy (non-hydrogen) atoms. The number of H-pyrrole nitrogens is 2. The summed E-state index contributed by atoms with van der Waals surface area (Å²) in [6, 6.07) is 1.17. The topological polar surface area (TPSA) is 116 Å². The van der Waals surface area contributed by atoms with Crippen molar-refractivity contribution in [3.63, 3.8) is 0 Å². The highest BCUT2D eigenvalue weighted by Crippen LogP contribution is 1.76. The quantitative estimate of drug-likeness (QED) is 0.263. The predicted octanol–water partition coefficient (Wildman–Crippen LogP) is -1.77. The van der Waals surface area contributed by atoms with Gasteiger partial charge in [-0.05, 0) is 12.2 Å². The molecule has 1 heterocycles. The molecule has 1 aromatic heterocycles. The monoisotopic (exact) mass is 213 g/mol. The first-order chi connectivity index (χ1) is 6.58. The van der Waals surface area contributed by atoms with Crippen molar-refractivity contribution >= 4 is 23.5 Å². The Morgan fingerprint density at radius 3 is 2.86 bits per heavy atom. The van der Waals surface area contributed by atoms with E-state index in [1.807, 2.05) is 4.98 Å². The van der Waals surface area contributed by atoms with Crippen LogP contribution >= 0.6 is 12.2 Å². The first-order valence-electron chi connectivity index (χ1n) is 3.50. The number of aromatic amines is 2. The summed E-state index contributed by atoms with van der Waals surface area (Å²) in [7, 11) is 0. The van der Waals surface area contributed by atoms with Gasteiger partial charge in [-0.2, -0.15) is 5.10 Å². The maximum absolute atomic E-state index is 10.8. The van der Waals surface area contributed by atoms with Gasteiger partial charge in [0.05, 0.1) is 11.9 Å². The molecule has 0 bridgehead atoms. The van der Waals surface area contributed by atoms with Crippen molar-refractivity contribution in [2.75, 3.05) is 0 Å². The standard InChI is InChI=1S/C6H7N5O2S/c7-5(14)11-8-2-3-1-4(12)10-6(13)9-3/h1-2H,(H3,7,11,14)(H2,9,10,12,13)/b8-2+. The molecule has 1 aromatic rings. The zero-order valence-corrected chi connectivity index (χ0v) is 7.72. The molecule has 0 saturated heterocycles. The lowest BCUT2D eigenvalue weighted by molar-refractivity contribution is 1.01. The number of hydrazone groups is 1. The summed E-state index contributed by atoms with van der Waals surface area (Å²) in [5.41, 5.74) is 6.50. The van der Waals surface area contributed by atoms with Crippen LogP contribution in [0.15, 0.2) is 20.8 Å². The van der Waals surface area contributed by atoms with E-state index >= 15 is 0 Å². The van der Waals surface area contributed by atoms with Gasteiger partial charge in [-0.25, -0.2) is 4.79 Å². The van der Waals surface area contributed by atoms with E-state index in [0.717, 1.165) is 0 Å². The van der Waals surface area contributed by atoms with Crippen LogP contribution in [0.25, 0.3) is 0 Å². The summed E-state index contributed by atoms with van der Waals surface area (Å²) in [5.74, 6) is 0. The van der Waals surface area contributed by atoms with Crippen molar-refractivity contribution in [1.29, 1.82) is 0 Å². The molecule has 0 spiro atoms. The zero-order valence-electron chi connectivity index (χ0n) is 6.90. The molecule has 8 heteroatoms. The average molecular weight is 213 g/mol. The lowest BCUT2D eigenvalue weighted by atomic mass is 10.4. The molecule has 7 nitrogen and oxygen atoms in total. The van der Waals surface area contributed by atoms with E-state index in [1.165, 1.54) is 12.3 Å². The van der Waals surface area contributed by atoms with Gasteiger partial charge in [0.15, 0.2) is 5.11 Å². The number of nitrogens with one attached hydrogen (secondary N) is 3. The lowest BCUT2D eigenvalue weighted by Crippen LogP contribution is -2.25. The van der Waals surface area contributed by atoms with Crippen LogP contribution in [-0.2, 0) is 0 Å². The normalized spacial score (nSPS) is 10.3. The van der Waals surface area contributed by atoms with Gasteiger partial charge in [0.2, 0.25) is 0 Å². The fraction of sp³-hybridized carbons (Fsp3) is 0. The number of hydrogen-bond donors (Lipinski definition) is 4. The maximum Gasteiger partial charge on any atom is 0.326 e. The molecule has 0 fully saturated rings. The van der Waals surface area contributed by atoms with Gasteiger partial charge in [-0.15, -0.1) is 0 Å².